The normalized spacial score (nSPS) is 12.8. The van der Waals surface area contributed by atoms with E-state index in [-0.39, 0.29) is 6.61 Å². The number of amidine groups is 1. The molecule has 0 aliphatic heterocycles. The van der Waals surface area contributed by atoms with Crippen molar-refractivity contribution >= 4 is 5.84 Å². The SMILES string of the molecule is C=CN(CCO)/C(=N\C)C(C)(C)O. The number of hydrogen-bond donors (Lipinski definition) is 2. The third-order valence-corrected chi connectivity index (χ3v) is 1.59. The topological polar surface area (TPSA) is 56.1 Å². The lowest BCUT2D eigenvalue weighted by Crippen LogP contribution is -2.43. The first kappa shape index (κ1) is 12.1. The third kappa shape index (κ3) is 3.57. The Morgan fingerprint density at radius 1 is 1.62 bits per heavy atom. The molecule has 0 spiro atoms. The quantitative estimate of drug-likeness (QED) is 0.488. The van der Waals surface area contributed by atoms with Crippen molar-refractivity contribution in [3.8, 4) is 0 Å². The maximum atomic E-state index is 9.70. The molecule has 0 aromatic rings. The second-order valence-corrected chi connectivity index (χ2v) is 3.21. The number of aliphatic imine (C=N–C) groups is 1. The van der Waals surface area contributed by atoms with Gasteiger partial charge in [-0.3, -0.25) is 4.99 Å². The minimum absolute atomic E-state index is 0.00111. The highest BCUT2D eigenvalue weighted by atomic mass is 16.3. The van der Waals surface area contributed by atoms with Crippen LogP contribution in [0, 0.1) is 0 Å². The third-order valence-electron chi connectivity index (χ3n) is 1.59. The molecule has 0 aromatic carbocycles. The van der Waals surface area contributed by atoms with Crippen LogP contribution in [0.2, 0.25) is 0 Å². The zero-order chi connectivity index (χ0) is 10.5. The van der Waals surface area contributed by atoms with Gasteiger partial charge >= 0.3 is 0 Å². The summed E-state index contributed by atoms with van der Waals surface area (Å²) >= 11 is 0. The van der Waals surface area contributed by atoms with E-state index in [1.807, 2.05) is 0 Å². The second kappa shape index (κ2) is 4.99. The maximum Gasteiger partial charge on any atom is 0.135 e. The molecule has 4 nitrogen and oxygen atoms in total. The molecule has 0 fully saturated rings. The number of aliphatic hydroxyl groups is 2. The Balaban J connectivity index is 4.65. The Bertz CT molecular complexity index is 194. The van der Waals surface area contributed by atoms with Crippen molar-refractivity contribution in [3.05, 3.63) is 12.8 Å². The molecule has 0 saturated heterocycles. The molecule has 13 heavy (non-hydrogen) atoms. The first-order chi connectivity index (χ1) is 5.97. The molecule has 0 aliphatic carbocycles. The minimum Gasteiger partial charge on any atom is -0.395 e. The molecule has 0 aliphatic rings. The van der Waals surface area contributed by atoms with Crippen molar-refractivity contribution in [2.75, 3.05) is 20.2 Å². The molecule has 4 heteroatoms. The summed E-state index contributed by atoms with van der Waals surface area (Å²) in [5, 5.41) is 18.5. The molecule has 0 amide bonds. The second-order valence-electron chi connectivity index (χ2n) is 3.21. The van der Waals surface area contributed by atoms with E-state index in [1.165, 1.54) is 6.20 Å². The molecular weight excluding hydrogens is 168 g/mol. The molecule has 0 rings (SSSR count). The summed E-state index contributed by atoms with van der Waals surface area (Å²) in [5.74, 6) is 0.497. The van der Waals surface area contributed by atoms with E-state index in [1.54, 1.807) is 25.8 Å². The Kier molecular flexibility index (Phi) is 4.66. The van der Waals surface area contributed by atoms with Crippen LogP contribution in [0.1, 0.15) is 13.8 Å². The van der Waals surface area contributed by atoms with E-state index in [2.05, 4.69) is 11.6 Å². The van der Waals surface area contributed by atoms with Crippen molar-refractivity contribution in [1.82, 2.24) is 4.90 Å². The molecule has 0 heterocycles. The highest BCUT2D eigenvalue weighted by Crippen LogP contribution is 2.09. The van der Waals surface area contributed by atoms with Crippen LogP contribution in [0.5, 0.6) is 0 Å². The Morgan fingerprint density at radius 2 is 2.15 bits per heavy atom. The average Bonchev–Trinajstić information content (AvgIpc) is 2.01. The summed E-state index contributed by atoms with van der Waals surface area (Å²) in [6.07, 6.45) is 1.54. The van der Waals surface area contributed by atoms with Crippen LogP contribution < -0.4 is 0 Å². The first-order valence-electron chi connectivity index (χ1n) is 4.17. The van der Waals surface area contributed by atoms with Crippen LogP contribution in [-0.2, 0) is 0 Å². The Hall–Kier alpha value is -0.870. The number of hydrogen-bond acceptors (Lipinski definition) is 3. The van der Waals surface area contributed by atoms with Crippen molar-refractivity contribution < 1.29 is 10.2 Å². The van der Waals surface area contributed by atoms with Gasteiger partial charge in [0.1, 0.15) is 11.4 Å². The van der Waals surface area contributed by atoms with E-state index >= 15 is 0 Å². The van der Waals surface area contributed by atoms with Gasteiger partial charge in [-0.1, -0.05) is 6.58 Å². The van der Waals surface area contributed by atoms with Gasteiger partial charge < -0.3 is 15.1 Å². The minimum atomic E-state index is -1.02. The van der Waals surface area contributed by atoms with Crippen LogP contribution in [-0.4, -0.2) is 46.7 Å². The molecule has 0 saturated carbocycles. The fourth-order valence-electron chi connectivity index (χ4n) is 1.14. The summed E-state index contributed by atoms with van der Waals surface area (Å²) < 4.78 is 0. The van der Waals surface area contributed by atoms with Gasteiger partial charge in [0.15, 0.2) is 0 Å². The van der Waals surface area contributed by atoms with E-state index in [4.69, 9.17) is 5.11 Å². The molecule has 0 aromatic heterocycles. The van der Waals surface area contributed by atoms with E-state index < -0.39 is 5.60 Å². The summed E-state index contributed by atoms with van der Waals surface area (Å²) in [5.41, 5.74) is -1.02. The summed E-state index contributed by atoms with van der Waals surface area (Å²) in [7, 11) is 1.60. The lowest BCUT2D eigenvalue weighted by molar-refractivity contribution is 0.138. The highest BCUT2D eigenvalue weighted by molar-refractivity contribution is 5.90. The Morgan fingerprint density at radius 3 is 2.38 bits per heavy atom. The van der Waals surface area contributed by atoms with Crippen LogP contribution in [0.4, 0.5) is 0 Å². The monoisotopic (exact) mass is 186 g/mol. The van der Waals surface area contributed by atoms with Gasteiger partial charge in [0, 0.05) is 13.6 Å². The lowest BCUT2D eigenvalue weighted by Gasteiger charge is -2.29. The van der Waals surface area contributed by atoms with Crippen molar-refractivity contribution in [2.24, 2.45) is 4.99 Å². The molecule has 76 valence electrons. The predicted octanol–water partition coefficient (Wildman–Crippen LogP) is 0.223. The molecule has 2 N–H and O–H groups in total. The summed E-state index contributed by atoms with van der Waals surface area (Å²) in [4.78, 5) is 5.58. The fraction of sp³-hybridized carbons (Fsp3) is 0.667. The van der Waals surface area contributed by atoms with Gasteiger partial charge in [-0.05, 0) is 20.0 Å². The van der Waals surface area contributed by atoms with Gasteiger partial charge in [0.25, 0.3) is 0 Å². The lowest BCUT2D eigenvalue weighted by atomic mass is 10.1. The smallest absolute Gasteiger partial charge is 0.135 e. The zero-order valence-corrected chi connectivity index (χ0v) is 8.49. The van der Waals surface area contributed by atoms with Crippen molar-refractivity contribution in [3.63, 3.8) is 0 Å². The van der Waals surface area contributed by atoms with Crippen LogP contribution >= 0.6 is 0 Å². The molecule has 0 radical (unpaired) electrons. The van der Waals surface area contributed by atoms with Crippen LogP contribution in [0.15, 0.2) is 17.8 Å². The van der Waals surface area contributed by atoms with Crippen LogP contribution in [0.25, 0.3) is 0 Å². The summed E-state index contributed by atoms with van der Waals surface area (Å²) in [6, 6.07) is 0. The highest BCUT2D eigenvalue weighted by Gasteiger charge is 2.24. The van der Waals surface area contributed by atoms with Gasteiger partial charge in [-0.2, -0.15) is 0 Å². The van der Waals surface area contributed by atoms with Gasteiger partial charge in [0.2, 0.25) is 0 Å². The van der Waals surface area contributed by atoms with Gasteiger partial charge in [-0.25, -0.2) is 0 Å². The first-order valence-corrected chi connectivity index (χ1v) is 4.17. The van der Waals surface area contributed by atoms with E-state index in [0.717, 1.165) is 0 Å². The number of nitrogens with zero attached hydrogens (tertiary/aromatic N) is 2. The average molecular weight is 186 g/mol. The molecule has 0 bridgehead atoms. The number of aliphatic hydroxyl groups excluding tert-OH is 1. The molecule has 0 atom stereocenters. The van der Waals surface area contributed by atoms with Crippen molar-refractivity contribution in [1.29, 1.82) is 0 Å². The summed E-state index contributed by atoms with van der Waals surface area (Å²) in [6.45, 7) is 7.26. The van der Waals surface area contributed by atoms with Crippen LogP contribution in [0.3, 0.4) is 0 Å². The molecular formula is C9H18N2O2. The molecule has 0 unspecified atom stereocenters. The Labute approximate surface area is 79.2 Å². The van der Waals surface area contributed by atoms with Gasteiger partial charge in [-0.15, -0.1) is 0 Å². The fourth-order valence-corrected chi connectivity index (χ4v) is 1.14. The maximum absolute atomic E-state index is 9.70. The zero-order valence-electron chi connectivity index (χ0n) is 8.49. The van der Waals surface area contributed by atoms with Gasteiger partial charge in [0.05, 0.1) is 6.61 Å². The largest absolute Gasteiger partial charge is 0.395 e. The van der Waals surface area contributed by atoms with Crippen molar-refractivity contribution in [2.45, 2.75) is 19.4 Å². The van der Waals surface area contributed by atoms with E-state index in [9.17, 15) is 5.11 Å². The predicted molar refractivity (Wildman–Crippen MR) is 53.6 cm³/mol. The standard InChI is InChI=1S/C9H18N2O2/c1-5-11(6-7-12)8(10-4)9(2,3)13/h5,12-13H,1,6-7H2,2-4H3/b10-8-. The number of rotatable bonds is 4. The van der Waals surface area contributed by atoms with E-state index in [0.29, 0.717) is 12.4 Å².